The Balaban J connectivity index is 1.54. The first kappa shape index (κ1) is 66.7. The van der Waals surface area contributed by atoms with E-state index in [2.05, 4.69) is 47.4 Å². The van der Waals surface area contributed by atoms with Crippen molar-refractivity contribution < 1.29 is 84.3 Å². The third kappa shape index (κ3) is 19.0. The van der Waals surface area contributed by atoms with Crippen LogP contribution in [0.3, 0.4) is 0 Å². The minimum Gasteiger partial charge on any atom is -0.508 e. The van der Waals surface area contributed by atoms with Gasteiger partial charge in [0.2, 0.25) is 47.3 Å². The van der Waals surface area contributed by atoms with Crippen LogP contribution in [0, 0.1) is 11.8 Å². The maximum absolute atomic E-state index is 14.7. The molecule has 16 N–H and O–H groups in total. The summed E-state index contributed by atoms with van der Waals surface area (Å²) in [6.07, 6.45) is -7.36. The number of phenols is 2. The lowest BCUT2D eigenvalue weighted by atomic mass is 9.91. The molecule has 0 saturated carbocycles. The molecule has 82 heavy (non-hydrogen) atoms. The Hall–Kier alpha value is -6.13. The van der Waals surface area contributed by atoms with Crippen LogP contribution in [0.1, 0.15) is 129 Å². The molecule has 0 bridgehead atoms. The van der Waals surface area contributed by atoms with E-state index in [1.165, 1.54) is 42.8 Å². The summed E-state index contributed by atoms with van der Waals surface area (Å²) in [6, 6.07) is -1.73. The number of phenolic OH excluding ortho intramolecular Hbond substituents is 2. The molecule has 0 spiro atoms. The summed E-state index contributed by atoms with van der Waals surface area (Å²) in [4.78, 5) is 115. The number of nitrogens with zero attached hydrogens (tertiary/aromatic N) is 2. The van der Waals surface area contributed by atoms with Crippen LogP contribution in [0.2, 0.25) is 0 Å². The van der Waals surface area contributed by atoms with Gasteiger partial charge in [-0.05, 0) is 80.0 Å². The molecular weight excluding hydrogens is 1090 g/mol. The number of rotatable bonds is 22. The summed E-state index contributed by atoms with van der Waals surface area (Å²) >= 11 is 0.797. The number of hydrogen-bond acceptors (Lipinski definition) is 18. The second-order valence-electron chi connectivity index (χ2n) is 22.2. The third-order valence-corrected chi connectivity index (χ3v) is 16.6. The Morgan fingerprint density at radius 1 is 0.695 bits per heavy atom. The van der Waals surface area contributed by atoms with Gasteiger partial charge in [0.15, 0.2) is 0 Å². The van der Waals surface area contributed by atoms with Gasteiger partial charge in [-0.2, -0.15) is 0 Å². The van der Waals surface area contributed by atoms with Crippen molar-refractivity contribution in [1.29, 1.82) is 0 Å². The van der Waals surface area contributed by atoms with Gasteiger partial charge in [0.25, 0.3) is 0 Å². The average molecular weight is 1170 g/mol. The van der Waals surface area contributed by atoms with Gasteiger partial charge in [-0.3, -0.25) is 38.4 Å². The summed E-state index contributed by atoms with van der Waals surface area (Å²) in [5.74, 6) is -8.37. The SMILES string of the molecule is CCC(C)CC(C)CCCCCCCCC(=O)N[C@H]1C[C@@H](O)[C@@H](Sc2ccc(O)cc2)NC(=O)[C@@H]2[C@@H](O)CCN2C(=O)[C@H]([C@H](O)CC(N)=O)NC(=O)[C@H]([C@H](O)[C@@H](O)c2ccc(O)cc2)NC(=O)[C@@H]2C[C@@H](O)CN2C(=O)[C@H]([C@@H](C)O)NC1=O. The van der Waals surface area contributed by atoms with Gasteiger partial charge in [0.1, 0.15) is 65.3 Å². The molecule has 16 atom stereocenters. The van der Waals surface area contributed by atoms with E-state index >= 15 is 0 Å². The number of carbonyl (C=O) groups is 8. The van der Waals surface area contributed by atoms with Gasteiger partial charge >= 0.3 is 0 Å². The number of nitrogens with one attached hydrogen (secondary N) is 5. The van der Waals surface area contributed by atoms with Crippen molar-refractivity contribution in [2.75, 3.05) is 13.1 Å². The minimum atomic E-state index is -2.36. The van der Waals surface area contributed by atoms with Crippen LogP contribution in [0.15, 0.2) is 53.4 Å². The Morgan fingerprint density at radius 2 is 1.28 bits per heavy atom. The maximum atomic E-state index is 14.7. The van der Waals surface area contributed by atoms with Gasteiger partial charge in [0.05, 0.1) is 36.9 Å². The van der Waals surface area contributed by atoms with Crippen LogP contribution in [0.25, 0.3) is 0 Å². The van der Waals surface area contributed by atoms with E-state index in [4.69, 9.17) is 5.73 Å². The van der Waals surface area contributed by atoms with Crippen LogP contribution in [0.5, 0.6) is 11.5 Å². The number of thioether (sulfide) groups is 1. The standard InChI is InChI=1S/C56H84N8O17S/c1-5-29(2)24-30(3)12-10-8-6-7-9-11-13-43(73)58-37-26-41(71)54(82-36-20-18-34(67)19-21-36)62-53(79)47-39(69)22-23-63(47)56(81)45(40(70)27-42(57)72)60-52(78)46(49(75)48(74)32-14-16-33(66)17-15-32)61-51(77)38-25-35(68)28-64(38)55(80)44(31(4)65)59-50(37)76/h14-21,29-31,35,37-41,44-49,54,65-71,74-75H,5-13,22-28H2,1-4H3,(H2,57,72)(H,58,73)(H,59,76)(H,60,78)(H,61,77)(H,62,79)/t29?,30?,31-,35-,37+,38+,39+,40-,41-,44+,45+,46+,47+,48+,49+,54-/m1/s1. The summed E-state index contributed by atoms with van der Waals surface area (Å²) in [5.41, 5.74) is 5.30. The molecule has 2 aromatic carbocycles. The zero-order valence-corrected chi connectivity index (χ0v) is 47.7. The number of benzene rings is 2. The Morgan fingerprint density at radius 3 is 1.90 bits per heavy atom. The van der Waals surface area contributed by atoms with Crippen molar-refractivity contribution in [3.8, 4) is 11.5 Å². The second-order valence-corrected chi connectivity index (χ2v) is 23.4. The molecule has 3 saturated heterocycles. The number of aliphatic hydroxyl groups excluding tert-OH is 7. The average Bonchev–Trinajstić information content (AvgIpc) is 4.21. The van der Waals surface area contributed by atoms with Gasteiger partial charge in [-0.15, -0.1) is 0 Å². The number of fused-ring (bicyclic) bond motifs is 2. The summed E-state index contributed by atoms with van der Waals surface area (Å²) in [7, 11) is 0. The number of amides is 8. The fourth-order valence-electron chi connectivity index (χ4n) is 10.6. The van der Waals surface area contributed by atoms with Crippen LogP contribution in [-0.4, -0.2) is 194 Å². The number of hydrogen-bond donors (Lipinski definition) is 15. The molecule has 5 rings (SSSR count). The highest BCUT2D eigenvalue weighted by Crippen LogP contribution is 2.31. The van der Waals surface area contributed by atoms with Crippen LogP contribution in [-0.2, 0) is 38.4 Å². The molecule has 456 valence electrons. The smallest absolute Gasteiger partial charge is 0.248 e. The predicted molar refractivity (Wildman–Crippen MR) is 297 cm³/mol. The molecule has 3 fully saturated rings. The van der Waals surface area contributed by atoms with E-state index in [0.717, 1.165) is 79.1 Å². The van der Waals surface area contributed by atoms with Crippen molar-refractivity contribution >= 4 is 59.0 Å². The number of aromatic hydroxyl groups is 2. The lowest BCUT2D eigenvalue weighted by molar-refractivity contribution is -0.148. The molecule has 8 amide bonds. The highest BCUT2D eigenvalue weighted by atomic mass is 32.2. The Labute approximate surface area is 481 Å². The molecule has 3 heterocycles. The van der Waals surface area contributed by atoms with Crippen molar-refractivity contribution in [2.45, 2.75) is 207 Å². The number of carbonyl (C=O) groups excluding carboxylic acids is 8. The minimum absolute atomic E-state index is 0.0625. The van der Waals surface area contributed by atoms with Gasteiger partial charge in [-0.1, -0.05) is 89.6 Å². The van der Waals surface area contributed by atoms with Crippen LogP contribution >= 0.6 is 11.8 Å². The quantitative estimate of drug-likeness (QED) is 0.0640. The van der Waals surface area contributed by atoms with Crippen molar-refractivity contribution in [2.24, 2.45) is 17.6 Å². The van der Waals surface area contributed by atoms with E-state index in [1.807, 2.05) is 0 Å². The Bertz CT molecular complexity index is 2480. The number of primary amides is 1. The van der Waals surface area contributed by atoms with E-state index in [1.54, 1.807) is 0 Å². The molecular formula is C56H84N8O17S. The predicted octanol–water partition coefficient (Wildman–Crippen LogP) is -0.836. The molecule has 0 radical (unpaired) electrons. The highest BCUT2D eigenvalue weighted by Gasteiger charge is 2.49. The fraction of sp³-hybridized carbons (Fsp3) is 0.643. The molecule has 3 aliphatic rings. The van der Waals surface area contributed by atoms with E-state index in [9.17, 15) is 84.3 Å². The first-order valence-corrected chi connectivity index (χ1v) is 29.1. The van der Waals surface area contributed by atoms with E-state index in [-0.39, 0.29) is 29.9 Å². The second kappa shape index (κ2) is 31.5. The van der Waals surface area contributed by atoms with Crippen molar-refractivity contribution in [3.63, 3.8) is 0 Å². The number of nitrogens with two attached hydrogens (primary N) is 1. The monoisotopic (exact) mass is 1170 g/mol. The zero-order chi connectivity index (χ0) is 60.5. The van der Waals surface area contributed by atoms with Crippen LogP contribution in [0.4, 0.5) is 0 Å². The molecule has 25 nitrogen and oxygen atoms in total. The first-order valence-electron chi connectivity index (χ1n) is 28.2. The van der Waals surface area contributed by atoms with Gasteiger partial charge < -0.3 is 88.1 Å². The normalized spacial score (nSPS) is 27.5. The molecule has 2 aromatic rings. The lowest BCUT2D eigenvalue weighted by Gasteiger charge is -2.34. The van der Waals surface area contributed by atoms with E-state index in [0.29, 0.717) is 29.6 Å². The largest absolute Gasteiger partial charge is 0.508 e. The number of unbranched alkanes of at least 4 members (excludes halogenated alkanes) is 5. The number of aliphatic hydroxyl groups is 7. The molecule has 26 heteroatoms. The molecule has 3 aliphatic heterocycles. The Kier molecular flexibility index (Phi) is 25.6. The maximum Gasteiger partial charge on any atom is 0.248 e. The van der Waals surface area contributed by atoms with Crippen molar-refractivity contribution in [1.82, 2.24) is 36.4 Å². The molecule has 0 aliphatic carbocycles. The van der Waals surface area contributed by atoms with Gasteiger partial charge in [0, 0.05) is 37.2 Å². The zero-order valence-electron chi connectivity index (χ0n) is 46.8. The summed E-state index contributed by atoms with van der Waals surface area (Å²) in [6.45, 7) is 6.84. The molecule has 0 aromatic heterocycles. The summed E-state index contributed by atoms with van der Waals surface area (Å²) in [5, 5.41) is 111. The first-order chi connectivity index (χ1) is 38.8. The summed E-state index contributed by atoms with van der Waals surface area (Å²) < 4.78 is 0. The van der Waals surface area contributed by atoms with Gasteiger partial charge in [-0.25, -0.2) is 0 Å². The van der Waals surface area contributed by atoms with Crippen LogP contribution < -0.4 is 32.3 Å². The fourth-order valence-corrected chi connectivity index (χ4v) is 11.6. The highest BCUT2D eigenvalue weighted by molar-refractivity contribution is 8.00. The van der Waals surface area contributed by atoms with Crippen molar-refractivity contribution in [3.05, 3.63) is 54.1 Å². The third-order valence-electron chi connectivity index (χ3n) is 15.4. The lowest BCUT2D eigenvalue weighted by Crippen LogP contribution is -2.64. The molecule has 2 unspecified atom stereocenters. The topological polar surface area (TPSA) is 411 Å². The van der Waals surface area contributed by atoms with E-state index < -0.39 is 164 Å².